The second-order valence-electron chi connectivity index (χ2n) is 3.07. The van der Waals surface area contributed by atoms with Gasteiger partial charge in [-0.05, 0) is 13.8 Å². The van der Waals surface area contributed by atoms with Crippen LogP contribution in [0.5, 0.6) is 0 Å². The highest BCUT2D eigenvalue weighted by atomic mass is 16.3. The van der Waals surface area contributed by atoms with Crippen LogP contribution in [-0.4, -0.2) is 93.7 Å². The van der Waals surface area contributed by atoms with Crippen molar-refractivity contribution in [2.24, 2.45) is 5.92 Å². The molecule has 0 aromatic carbocycles. The second kappa shape index (κ2) is 50.7. The zero-order chi connectivity index (χ0) is 17.9. The second-order valence-corrected chi connectivity index (χ2v) is 3.07. The first-order valence-corrected chi connectivity index (χ1v) is 6.20. The molecule has 0 saturated heterocycles. The van der Waals surface area contributed by atoms with Gasteiger partial charge in [0.2, 0.25) is 0 Å². The normalized spacial score (nSPS) is 7.52. The SMILES string of the molecule is CC(C)C#N.OCCO.OCCO.OCCO.OCCO. The van der Waals surface area contributed by atoms with Crippen LogP contribution >= 0.6 is 0 Å². The van der Waals surface area contributed by atoms with E-state index in [2.05, 4.69) is 0 Å². The minimum absolute atomic E-state index is 0.125. The van der Waals surface area contributed by atoms with Crippen molar-refractivity contribution in [1.82, 2.24) is 0 Å². The first kappa shape index (κ1) is 32.2. The molecule has 132 valence electrons. The molecule has 0 saturated carbocycles. The maximum absolute atomic E-state index is 7.89. The predicted octanol–water partition coefficient (Wildman–Crippen LogP) is -2.95. The first-order chi connectivity index (χ1) is 9.93. The summed E-state index contributed by atoms with van der Waals surface area (Å²) in [7, 11) is 0. The molecule has 0 unspecified atom stereocenters. The van der Waals surface area contributed by atoms with E-state index in [0.29, 0.717) is 0 Å². The summed E-state index contributed by atoms with van der Waals surface area (Å²) in [5.74, 6) is 0.190. The van der Waals surface area contributed by atoms with Crippen LogP contribution in [0.2, 0.25) is 0 Å². The summed E-state index contributed by atoms with van der Waals surface area (Å²) in [6, 6.07) is 2.03. The van der Waals surface area contributed by atoms with Crippen LogP contribution < -0.4 is 0 Å². The van der Waals surface area contributed by atoms with Crippen LogP contribution in [0.15, 0.2) is 0 Å². The quantitative estimate of drug-likeness (QED) is 0.268. The maximum atomic E-state index is 7.89. The highest BCUT2D eigenvalue weighted by Crippen LogP contribution is 1.81. The number of nitrogens with zero attached hydrogens (tertiary/aromatic N) is 1. The summed E-state index contributed by atoms with van der Waals surface area (Å²) < 4.78 is 0. The van der Waals surface area contributed by atoms with E-state index in [1.165, 1.54) is 0 Å². The molecule has 9 heteroatoms. The van der Waals surface area contributed by atoms with E-state index < -0.39 is 0 Å². The lowest BCUT2D eigenvalue weighted by Gasteiger charge is -1.75. The minimum Gasteiger partial charge on any atom is -0.394 e. The van der Waals surface area contributed by atoms with Gasteiger partial charge in [-0.3, -0.25) is 0 Å². The average molecular weight is 317 g/mol. The molecule has 0 aromatic rings. The van der Waals surface area contributed by atoms with Crippen molar-refractivity contribution in [1.29, 1.82) is 5.26 Å². The van der Waals surface area contributed by atoms with Crippen molar-refractivity contribution in [2.45, 2.75) is 13.8 Å². The van der Waals surface area contributed by atoms with E-state index in [9.17, 15) is 0 Å². The molecule has 0 fully saturated rings. The first-order valence-electron chi connectivity index (χ1n) is 6.20. The number of hydrogen-bond acceptors (Lipinski definition) is 9. The molecule has 8 N–H and O–H groups in total. The van der Waals surface area contributed by atoms with E-state index in [0.717, 1.165) is 0 Å². The molecule has 0 aliphatic rings. The molecule has 0 rings (SSSR count). The summed E-state index contributed by atoms with van der Waals surface area (Å²) in [5, 5.41) is 68.9. The molecular formula is C12H31NO8. The summed E-state index contributed by atoms with van der Waals surface area (Å²) in [6.07, 6.45) is 0. The van der Waals surface area contributed by atoms with Crippen LogP contribution in [0.4, 0.5) is 0 Å². The molecule has 0 heterocycles. The summed E-state index contributed by atoms with van der Waals surface area (Å²) in [4.78, 5) is 0. The number of nitriles is 1. The third-order valence-corrected chi connectivity index (χ3v) is 0.658. The lowest BCUT2D eigenvalue weighted by atomic mass is 10.3. The molecule has 0 aliphatic carbocycles. The van der Waals surface area contributed by atoms with Crippen molar-refractivity contribution < 1.29 is 40.9 Å². The Hall–Kier alpha value is -0.830. The fourth-order valence-electron chi connectivity index (χ4n) is 0. The monoisotopic (exact) mass is 317 g/mol. The average Bonchev–Trinajstić information content (AvgIpc) is 2.55. The number of rotatable bonds is 4. The minimum atomic E-state index is -0.125. The zero-order valence-corrected chi connectivity index (χ0v) is 12.8. The fraction of sp³-hybridized carbons (Fsp3) is 0.917. The third kappa shape index (κ3) is 211. The Kier molecular flexibility index (Phi) is 77.8. The topological polar surface area (TPSA) is 186 Å². The summed E-state index contributed by atoms with van der Waals surface area (Å²) >= 11 is 0. The smallest absolute Gasteiger partial charge is 0.0662 e. The zero-order valence-electron chi connectivity index (χ0n) is 12.8. The van der Waals surface area contributed by atoms with Crippen LogP contribution in [0, 0.1) is 17.2 Å². The van der Waals surface area contributed by atoms with Gasteiger partial charge in [0.05, 0.1) is 58.9 Å². The molecule has 9 nitrogen and oxygen atoms in total. The highest BCUT2D eigenvalue weighted by Gasteiger charge is 1.78. The van der Waals surface area contributed by atoms with Crippen LogP contribution in [0.1, 0.15) is 13.8 Å². The Morgan fingerprint density at radius 2 is 0.667 bits per heavy atom. The number of hydrogen-bond donors (Lipinski definition) is 8. The fourth-order valence-corrected chi connectivity index (χ4v) is 0. The third-order valence-electron chi connectivity index (χ3n) is 0.658. The molecule has 21 heavy (non-hydrogen) atoms. The van der Waals surface area contributed by atoms with Crippen molar-refractivity contribution in [2.75, 3.05) is 52.9 Å². The number of aliphatic hydroxyl groups is 8. The van der Waals surface area contributed by atoms with Crippen molar-refractivity contribution in [3.63, 3.8) is 0 Å². The van der Waals surface area contributed by atoms with Crippen molar-refractivity contribution in [3.05, 3.63) is 0 Å². The molecule has 0 aromatic heterocycles. The van der Waals surface area contributed by atoms with Gasteiger partial charge in [0.25, 0.3) is 0 Å². The van der Waals surface area contributed by atoms with Gasteiger partial charge in [-0.2, -0.15) is 5.26 Å². The lowest BCUT2D eigenvalue weighted by molar-refractivity contribution is 0.186. The Balaban J connectivity index is -0.0000000510. The molecule has 0 spiro atoms. The van der Waals surface area contributed by atoms with Gasteiger partial charge in [-0.25, -0.2) is 0 Å². The van der Waals surface area contributed by atoms with Crippen molar-refractivity contribution in [3.8, 4) is 6.07 Å². The summed E-state index contributed by atoms with van der Waals surface area (Å²) in [5.41, 5.74) is 0. The van der Waals surface area contributed by atoms with Gasteiger partial charge < -0.3 is 40.9 Å². The Morgan fingerprint density at radius 3 is 0.667 bits per heavy atom. The Bertz CT molecular complexity index is 129. The van der Waals surface area contributed by atoms with Gasteiger partial charge >= 0.3 is 0 Å². The molecule has 0 bridgehead atoms. The predicted molar refractivity (Wildman–Crippen MR) is 77.1 cm³/mol. The van der Waals surface area contributed by atoms with Crippen LogP contribution in [-0.2, 0) is 0 Å². The Morgan fingerprint density at radius 1 is 0.571 bits per heavy atom. The molecule has 0 radical (unpaired) electrons. The highest BCUT2D eigenvalue weighted by molar-refractivity contribution is 4.72. The lowest BCUT2D eigenvalue weighted by Crippen LogP contribution is -1.85. The van der Waals surface area contributed by atoms with Gasteiger partial charge in [-0.15, -0.1) is 0 Å². The van der Waals surface area contributed by atoms with Gasteiger partial charge in [0.15, 0.2) is 0 Å². The van der Waals surface area contributed by atoms with Crippen LogP contribution in [0.25, 0.3) is 0 Å². The molecule has 0 aliphatic heterocycles. The standard InChI is InChI=1S/C4H7N.4C2H6O2/c1-4(2)3-5;4*3-1-2-4/h4H,1-2H3;4*3-4H,1-2H2. The van der Waals surface area contributed by atoms with Gasteiger partial charge in [-0.1, -0.05) is 0 Å². The summed E-state index contributed by atoms with van der Waals surface area (Å²) in [6.45, 7) is 2.72. The number of aliphatic hydroxyl groups excluding tert-OH is 8. The molecular weight excluding hydrogens is 286 g/mol. The molecule has 0 amide bonds. The van der Waals surface area contributed by atoms with Crippen LogP contribution in [0.3, 0.4) is 0 Å². The maximum Gasteiger partial charge on any atom is 0.0662 e. The van der Waals surface area contributed by atoms with Crippen molar-refractivity contribution >= 4 is 0 Å². The van der Waals surface area contributed by atoms with E-state index in [-0.39, 0.29) is 58.8 Å². The van der Waals surface area contributed by atoms with E-state index >= 15 is 0 Å². The van der Waals surface area contributed by atoms with E-state index in [1.807, 2.05) is 19.9 Å². The van der Waals surface area contributed by atoms with E-state index in [4.69, 9.17) is 46.1 Å². The Labute approximate surface area is 126 Å². The molecule has 0 atom stereocenters. The van der Waals surface area contributed by atoms with E-state index in [1.54, 1.807) is 0 Å². The van der Waals surface area contributed by atoms with Gasteiger partial charge in [0.1, 0.15) is 0 Å². The largest absolute Gasteiger partial charge is 0.394 e. The van der Waals surface area contributed by atoms with Gasteiger partial charge in [0, 0.05) is 5.92 Å².